The predicted octanol–water partition coefficient (Wildman–Crippen LogP) is 0.852. The van der Waals surface area contributed by atoms with E-state index >= 15 is 0 Å². The Morgan fingerprint density at radius 3 is 2.78 bits per heavy atom. The molecule has 1 aliphatic rings. The molecule has 0 saturated heterocycles. The van der Waals surface area contributed by atoms with Crippen molar-refractivity contribution in [3.63, 3.8) is 0 Å². The summed E-state index contributed by atoms with van der Waals surface area (Å²) in [5.41, 5.74) is 1.21. The SMILES string of the molecule is O=C(O)C=CCN1C(=O)Cc2ccccc2C1=O. The van der Waals surface area contributed by atoms with E-state index in [4.69, 9.17) is 5.11 Å². The van der Waals surface area contributed by atoms with E-state index in [9.17, 15) is 14.4 Å². The van der Waals surface area contributed by atoms with Gasteiger partial charge in [0.05, 0.1) is 6.42 Å². The molecule has 1 aromatic carbocycles. The highest BCUT2D eigenvalue weighted by atomic mass is 16.4. The number of hydrogen-bond donors (Lipinski definition) is 1. The highest BCUT2D eigenvalue weighted by Crippen LogP contribution is 2.19. The number of amides is 2. The summed E-state index contributed by atoms with van der Waals surface area (Å²) < 4.78 is 0. The van der Waals surface area contributed by atoms with Gasteiger partial charge in [-0.15, -0.1) is 0 Å². The maximum atomic E-state index is 12.0. The molecule has 1 aromatic rings. The first-order valence-corrected chi connectivity index (χ1v) is 5.41. The third kappa shape index (κ3) is 2.29. The summed E-state index contributed by atoms with van der Waals surface area (Å²) >= 11 is 0. The van der Waals surface area contributed by atoms with Gasteiger partial charge in [-0.25, -0.2) is 4.79 Å². The van der Waals surface area contributed by atoms with Crippen LogP contribution in [-0.2, 0) is 16.0 Å². The van der Waals surface area contributed by atoms with Gasteiger partial charge in [0.2, 0.25) is 5.91 Å². The van der Waals surface area contributed by atoms with E-state index in [0.29, 0.717) is 11.1 Å². The van der Waals surface area contributed by atoms with Crippen molar-refractivity contribution in [2.75, 3.05) is 6.54 Å². The van der Waals surface area contributed by atoms with Crippen LogP contribution in [0.5, 0.6) is 0 Å². The highest BCUT2D eigenvalue weighted by molar-refractivity contribution is 6.09. The number of hydrogen-bond acceptors (Lipinski definition) is 3. The monoisotopic (exact) mass is 245 g/mol. The van der Waals surface area contributed by atoms with Crippen LogP contribution in [0.4, 0.5) is 0 Å². The van der Waals surface area contributed by atoms with Gasteiger partial charge in [0.1, 0.15) is 0 Å². The van der Waals surface area contributed by atoms with Gasteiger partial charge in [-0.2, -0.15) is 0 Å². The van der Waals surface area contributed by atoms with Gasteiger partial charge < -0.3 is 5.11 Å². The number of imide groups is 1. The molecule has 0 bridgehead atoms. The third-order valence-corrected chi connectivity index (χ3v) is 2.68. The van der Waals surface area contributed by atoms with Crippen molar-refractivity contribution in [1.29, 1.82) is 0 Å². The Kier molecular flexibility index (Phi) is 3.23. The van der Waals surface area contributed by atoms with Crippen molar-refractivity contribution in [1.82, 2.24) is 4.90 Å². The van der Waals surface area contributed by atoms with Crippen molar-refractivity contribution >= 4 is 17.8 Å². The number of carboxylic acids is 1. The molecule has 92 valence electrons. The molecule has 1 N–H and O–H groups in total. The lowest BCUT2D eigenvalue weighted by Gasteiger charge is -2.25. The Morgan fingerprint density at radius 2 is 2.06 bits per heavy atom. The quantitative estimate of drug-likeness (QED) is 0.633. The molecule has 0 unspecified atom stereocenters. The number of carboxylic acid groups (broad SMARTS) is 1. The van der Waals surface area contributed by atoms with Crippen LogP contribution in [0.1, 0.15) is 15.9 Å². The fourth-order valence-electron chi connectivity index (χ4n) is 1.84. The molecule has 5 heteroatoms. The first-order chi connectivity index (χ1) is 8.59. The lowest BCUT2D eigenvalue weighted by molar-refractivity contribution is -0.132. The van der Waals surface area contributed by atoms with Crippen LogP contribution < -0.4 is 0 Å². The lowest BCUT2D eigenvalue weighted by atomic mass is 9.98. The van der Waals surface area contributed by atoms with E-state index in [0.717, 1.165) is 11.0 Å². The molecule has 0 atom stereocenters. The maximum Gasteiger partial charge on any atom is 0.328 e. The predicted molar refractivity (Wildman–Crippen MR) is 63.0 cm³/mol. The number of benzene rings is 1. The lowest BCUT2D eigenvalue weighted by Crippen LogP contribution is -2.42. The number of carbonyl (C=O) groups is 3. The Labute approximate surface area is 103 Å². The zero-order chi connectivity index (χ0) is 13.1. The summed E-state index contributed by atoms with van der Waals surface area (Å²) in [6.07, 6.45) is 2.37. The van der Waals surface area contributed by atoms with E-state index in [1.54, 1.807) is 24.3 Å². The number of nitrogens with zero attached hydrogens (tertiary/aromatic N) is 1. The highest BCUT2D eigenvalue weighted by Gasteiger charge is 2.29. The Bertz CT molecular complexity index is 548. The van der Waals surface area contributed by atoms with E-state index in [2.05, 4.69) is 0 Å². The Balaban J connectivity index is 2.22. The van der Waals surface area contributed by atoms with Crippen LogP contribution in [-0.4, -0.2) is 34.3 Å². The minimum atomic E-state index is -1.10. The van der Waals surface area contributed by atoms with Gasteiger partial charge in [0.15, 0.2) is 0 Å². The summed E-state index contributed by atoms with van der Waals surface area (Å²) in [5, 5.41) is 8.46. The van der Waals surface area contributed by atoms with Crippen molar-refractivity contribution in [2.24, 2.45) is 0 Å². The largest absolute Gasteiger partial charge is 0.478 e. The molecule has 1 aliphatic heterocycles. The van der Waals surface area contributed by atoms with Gasteiger partial charge in [0.25, 0.3) is 5.91 Å². The van der Waals surface area contributed by atoms with E-state index in [-0.39, 0.29) is 24.8 Å². The van der Waals surface area contributed by atoms with Crippen LogP contribution in [0.15, 0.2) is 36.4 Å². The molecular formula is C13H11NO4. The molecular weight excluding hydrogens is 234 g/mol. The minimum absolute atomic E-state index is 0.0156. The second-order valence-electron chi connectivity index (χ2n) is 3.88. The standard InChI is InChI=1S/C13H11NO4/c15-11-8-9-4-1-2-5-10(9)13(18)14(11)7-3-6-12(16)17/h1-6H,7-8H2,(H,16,17). The molecule has 2 rings (SSSR count). The number of carbonyl (C=O) groups excluding carboxylic acids is 2. The fourth-order valence-corrected chi connectivity index (χ4v) is 1.84. The van der Waals surface area contributed by atoms with Crippen LogP contribution >= 0.6 is 0 Å². The van der Waals surface area contributed by atoms with Gasteiger partial charge in [-0.3, -0.25) is 14.5 Å². The molecule has 5 nitrogen and oxygen atoms in total. The van der Waals surface area contributed by atoms with E-state index in [1.807, 2.05) is 0 Å². The average Bonchev–Trinajstić information content (AvgIpc) is 2.33. The maximum absolute atomic E-state index is 12.0. The number of rotatable bonds is 3. The van der Waals surface area contributed by atoms with Crippen LogP contribution in [0.25, 0.3) is 0 Å². The molecule has 0 saturated carbocycles. The van der Waals surface area contributed by atoms with Gasteiger partial charge in [0, 0.05) is 18.2 Å². The second kappa shape index (κ2) is 4.83. The van der Waals surface area contributed by atoms with Crippen LogP contribution in [0.3, 0.4) is 0 Å². The number of aliphatic carboxylic acids is 1. The molecule has 0 radical (unpaired) electrons. The minimum Gasteiger partial charge on any atom is -0.478 e. The van der Waals surface area contributed by atoms with Crippen molar-refractivity contribution in [3.05, 3.63) is 47.5 Å². The van der Waals surface area contributed by atoms with Gasteiger partial charge >= 0.3 is 5.97 Å². The van der Waals surface area contributed by atoms with Gasteiger partial charge in [-0.1, -0.05) is 24.3 Å². The normalized spacial score (nSPS) is 15.0. The van der Waals surface area contributed by atoms with Gasteiger partial charge in [-0.05, 0) is 11.6 Å². The molecule has 0 spiro atoms. The summed E-state index contributed by atoms with van der Waals surface area (Å²) in [5.74, 6) is -1.79. The molecule has 18 heavy (non-hydrogen) atoms. The summed E-state index contributed by atoms with van der Waals surface area (Å²) in [7, 11) is 0. The fraction of sp³-hybridized carbons (Fsp3) is 0.154. The number of fused-ring (bicyclic) bond motifs is 1. The molecule has 0 fully saturated rings. The average molecular weight is 245 g/mol. The van der Waals surface area contributed by atoms with Crippen molar-refractivity contribution < 1.29 is 19.5 Å². The van der Waals surface area contributed by atoms with E-state index < -0.39 is 5.97 Å². The van der Waals surface area contributed by atoms with Crippen LogP contribution in [0, 0.1) is 0 Å². The zero-order valence-corrected chi connectivity index (χ0v) is 9.50. The smallest absolute Gasteiger partial charge is 0.328 e. The summed E-state index contributed by atoms with van der Waals surface area (Å²) in [4.78, 5) is 35.2. The second-order valence-corrected chi connectivity index (χ2v) is 3.88. The zero-order valence-electron chi connectivity index (χ0n) is 9.50. The topological polar surface area (TPSA) is 74.7 Å². The van der Waals surface area contributed by atoms with Crippen molar-refractivity contribution in [2.45, 2.75) is 6.42 Å². The van der Waals surface area contributed by atoms with Crippen molar-refractivity contribution in [3.8, 4) is 0 Å². The van der Waals surface area contributed by atoms with E-state index in [1.165, 1.54) is 6.08 Å². The molecule has 2 amide bonds. The van der Waals surface area contributed by atoms with Crippen LogP contribution in [0.2, 0.25) is 0 Å². The first-order valence-electron chi connectivity index (χ1n) is 5.41. The summed E-state index contributed by atoms with van der Waals surface area (Å²) in [6, 6.07) is 6.92. The third-order valence-electron chi connectivity index (χ3n) is 2.68. The first kappa shape index (κ1) is 12.0. The Hall–Kier alpha value is -2.43. The summed E-state index contributed by atoms with van der Waals surface area (Å²) in [6.45, 7) is -0.0156. The molecule has 0 aliphatic carbocycles. The molecule has 1 heterocycles. The Morgan fingerprint density at radius 1 is 1.33 bits per heavy atom. The molecule has 0 aromatic heterocycles.